The Morgan fingerprint density at radius 1 is 1.05 bits per heavy atom. The Kier molecular flexibility index (Phi) is 7.91. The number of amides is 1. The molecule has 5 rings (SSSR count). The van der Waals surface area contributed by atoms with Crippen molar-refractivity contribution in [1.82, 2.24) is 4.90 Å². The summed E-state index contributed by atoms with van der Waals surface area (Å²) in [5.74, 6) is 5.59. The van der Waals surface area contributed by atoms with Crippen LogP contribution in [0.3, 0.4) is 0 Å². The number of rotatable bonds is 7. The molecule has 1 N–H and O–H groups in total. The third-order valence-electron chi connectivity index (χ3n) is 8.83. The fourth-order valence-electron chi connectivity index (χ4n) is 6.91. The minimum absolute atomic E-state index is 0.0373. The van der Waals surface area contributed by atoms with Crippen LogP contribution >= 0.6 is 0 Å². The van der Waals surface area contributed by atoms with Gasteiger partial charge in [-0.05, 0) is 97.2 Å². The van der Waals surface area contributed by atoms with Gasteiger partial charge >= 0.3 is 0 Å². The summed E-state index contributed by atoms with van der Waals surface area (Å²) in [4.78, 5) is 16.0. The number of fused-ring (bicyclic) bond motifs is 3. The zero-order valence-electron chi connectivity index (χ0n) is 23.8. The third kappa shape index (κ3) is 5.66. The molecule has 3 aliphatic rings. The number of benzene rings is 2. The Bertz CT molecular complexity index is 1190. The van der Waals surface area contributed by atoms with E-state index in [-0.39, 0.29) is 18.0 Å². The highest BCUT2D eigenvalue weighted by molar-refractivity contribution is 6.84. The van der Waals surface area contributed by atoms with E-state index >= 15 is 0 Å². The van der Waals surface area contributed by atoms with Crippen molar-refractivity contribution in [2.45, 2.75) is 96.1 Å². The van der Waals surface area contributed by atoms with E-state index < -0.39 is 8.07 Å². The van der Waals surface area contributed by atoms with E-state index in [1.54, 1.807) is 7.11 Å². The highest BCUT2D eigenvalue weighted by atomic mass is 28.3. The van der Waals surface area contributed by atoms with Crippen molar-refractivity contribution < 1.29 is 9.53 Å². The summed E-state index contributed by atoms with van der Waals surface area (Å²) in [6.45, 7) is 8.80. The molecule has 0 aromatic heterocycles. The number of carbonyl (C=O) groups is 1. The van der Waals surface area contributed by atoms with Crippen molar-refractivity contribution in [3.8, 4) is 17.2 Å². The molecule has 2 bridgehead atoms. The van der Waals surface area contributed by atoms with E-state index in [4.69, 9.17) is 4.74 Å². The summed E-state index contributed by atoms with van der Waals surface area (Å²) in [5.41, 5.74) is 8.16. The van der Waals surface area contributed by atoms with Gasteiger partial charge in [0, 0.05) is 17.8 Å². The van der Waals surface area contributed by atoms with Crippen LogP contribution in [0.5, 0.6) is 5.75 Å². The first-order valence-corrected chi connectivity index (χ1v) is 18.2. The van der Waals surface area contributed by atoms with Gasteiger partial charge in [-0.15, -0.1) is 5.54 Å². The SMILES string of the molecule is CCCC[C@H]1Cc2cc(OC)ccc2[C@H](c2ccc(NC3C4CCC3CC4)cc2)N1C(=O)C#C[Si](C)(C)C. The van der Waals surface area contributed by atoms with Crippen LogP contribution in [0.2, 0.25) is 19.6 Å². The van der Waals surface area contributed by atoms with E-state index in [0.29, 0.717) is 6.04 Å². The molecule has 0 spiro atoms. The van der Waals surface area contributed by atoms with E-state index in [2.05, 4.69) is 84.6 Å². The first-order chi connectivity index (χ1) is 18.3. The van der Waals surface area contributed by atoms with Gasteiger partial charge < -0.3 is 15.0 Å². The lowest BCUT2D eigenvalue weighted by Crippen LogP contribution is -2.47. The van der Waals surface area contributed by atoms with Crippen LogP contribution < -0.4 is 10.1 Å². The van der Waals surface area contributed by atoms with E-state index in [1.807, 2.05) is 6.07 Å². The number of unbranched alkanes of at least 4 members (excludes halogenated alkanes) is 1. The van der Waals surface area contributed by atoms with Crippen LogP contribution in [0.1, 0.15) is 74.6 Å². The van der Waals surface area contributed by atoms with Crippen molar-refractivity contribution in [1.29, 1.82) is 0 Å². The summed E-state index contributed by atoms with van der Waals surface area (Å²) in [5, 5.41) is 3.86. The summed E-state index contributed by atoms with van der Waals surface area (Å²) in [6, 6.07) is 15.9. The molecule has 4 nitrogen and oxygen atoms in total. The van der Waals surface area contributed by atoms with Crippen LogP contribution in [0.15, 0.2) is 42.5 Å². The van der Waals surface area contributed by atoms with E-state index in [1.165, 1.54) is 42.5 Å². The van der Waals surface area contributed by atoms with Gasteiger partial charge in [0.2, 0.25) is 0 Å². The molecule has 5 heteroatoms. The molecule has 2 aromatic carbocycles. The number of hydrogen-bond donors (Lipinski definition) is 1. The lowest BCUT2D eigenvalue weighted by atomic mass is 9.83. The number of nitrogens with zero attached hydrogens (tertiary/aromatic N) is 1. The maximum absolute atomic E-state index is 13.8. The van der Waals surface area contributed by atoms with Gasteiger partial charge in [0.15, 0.2) is 0 Å². The molecular formula is C33H44N2O2Si. The fraction of sp³-hybridized carbons (Fsp3) is 0.545. The molecule has 1 heterocycles. The van der Waals surface area contributed by atoms with Gasteiger partial charge in [0.1, 0.15) is 13.8 Å². The fourth-order valence-corrected chi connectivity index (χ4v) is 7.39. The van der Waals surface area contributed by atoms with Gasteiger partial charge in [-0.25, -0.2) is 0 Å². The topological polar surface area (TPSA) is 41.6 Å². The molecule has 1 amide bonds. The Morgan fingerprint density at radius 2 is 1.74 bits per heavy atom. The van der Waals surface area contributed by atoms with Crippen LogP contribution in [0.25, 0.3) is 0 Å². The van der Waals surface area contributed by atoms with Gasteiger partial charge in [0.25, 0.3) is 5.91 Å². The molecular weight excluding hydrogens is 484 g/mol. The maximum atomic E-state index is 13.8. The van der Waals surface area contributed by atoms with Crippen LogP contribution in [0, 0.1) is 23.3 Å². The standard InChI is InChI=1S/C33H44N2O2Si/c1-6-7-8-28-21-26-22-29(37-2)17-18-30(26)33(35(28)31(36)19-20-38(3,4)5)25-13-15-27(16-14-25)34-32-23-9-10-24(32)12-11-23/h13-18,22-24,28,32-34H,6-12,21H2,1-5H3/t23?,24?,28-,32?,33-/m0/s1. The summed E-state index contributed by atoms with van der Waals surface area (Å²) >= 11 is 0. The zero-order valence-corrected chi connectivity index (χ0v) is 24.8. The van der Waals surface area contributed by atoms with Crippen LogP contribution in [0.4, 0.5) is 5.69 Å². The Labute approximate surface area is 230 Å². The monoisotopic (exact) mass is 528 g/mol. The molecule has 2 atom stereocenters. The molecule has 38 heavy (non-hydrogen) atoms. The Hall–Kier alpha value is -2.71. The predicted octanol–water partition coefficient (Wildman–Crippen LogP) is 7.21. The molecule has 2 fully saturated rings. The normalized spacial score (nSPS) is 25.9. The van der Waals surface area contributed by atoms with Gasteiger partial charge in [0.05, 0.1) is 13.2 Å². The second kappa shape index (κ2) is 11.2. The molecule has 0 saturated heterocycles. The Balaban J connectivity index is 1.51. The number of methoxy groups -OCH3 is 1. The average molecular weight is 529 g/mol. The largest absolute Gasteiger partial charge is 0.497 e. The summed E-state index contributed by atoms with van der Waals surface area (Å²) in [7, 11) is 0.0414. The molecule has 0 radical (unpaired) electrons. The van der Waals surface area contributed by atoms with E-state index in [9.17, 15) is 4.79 Å². The summed E-state index contributed by atoms with van der Waals surface area (Å²) < 4.78 is 5.58. The second-order valence-corrected chi connectivity index (χ2v) is 17.4. The van der Waals surface area contributed by atoms with Crippen LogP contribution in [-0.2, 0) is 11.2 Å². The molecule has 2 aliphatic carbocycles. The number of hydrogen-bond acceptors (Lipinski definition) is 3. The van der Waals surface area contributed by atoms with Crippen molar-refractivity contribution >= 4 is 19.7 Å². The summed E-state index contributed by atoms with van der Waals surface area (Å²) in [6.07, 6.45) is 9.51. The lowest BCUT2D eigenvalue weighted by Gasteiger charge is -2.43. The number of nitrogens with one attached hydrogen (secondary N) is 1. The first kappa shape index (κ1) is 26.9. The zero-order chi connectivity index (χ0) is 26.9. The van der Waals surface area contributed by atoms with Crippen molar-refractivity contribution in [2.75, 3.05) is 12.4 Å². The quantitative estimate of drug-likeness (QED) is 0.305. The number of anilines is 1. The second-order valence-electron chi connectivity index (χ2n) is 12.6. The number of ether oxygens (including phenoxy) is 1. The lowest BCUT2D eigenvalue weighted by molar-refractivity contribution is -0.130. The van der Waals surface area contributed by atoms with E-state index in [0.717, 1.165) is 48.8 Å². The molecule has 202 valence electrons. The predicted molar refractivity (Wildman–Crippen MR) is 159 cm³/mol. The van der Waals surface area contributed by atoms with Crippen molar-refractivity contribution in [3.63, 3.8) is 0 Å². The number of carbonyl (C=O) groups excluding carboxylic acids is 1. The molecule has 1 aliphatic heterocycles. The Morgan fingerprint density at radius 3 is 2.34 bits per heavy atom. The van der Waals surface area contributed by atoms with Gasteiger partial charge in [-0.2, -0.15) is 0 Å². The highest BCUT2D eigenvalue weighted by Crippen LogP contribution is 2.46. The smallest absolute Gasteiger partial charge is 0.298 e. The maximum Gasteiger partial charge on any atom is 0.298 e. The first-order valence-electron chi connectivity index (χ1n) is 14.7. The van der Waals surface area contributed by atoms with Gasteiger partial charge in [-0.3, -0.25) is 4.79 Å². The minimum Gasteiger partial charge on any atom is -0.497 e. The van der Waals surface area contributed by atoms with Crippen molar-refractivity contribution in [3.05, 3.63) is 59.2 Å². The average Bonchev–Trinajstić information content (AvgIpc) is 3.48. The third-order valence-corrected chi connectivity index (χ3v) is 9.71. The van der Waals surface area contributed by atoms with Crippen molar-refractivity contribution in [2.24, 2.45) is 11.8 Å². The highest BCUT2D eigenvalue weighted by Gasteiger charge is 2.42. The van der Waals surface area contributed by atoms with Crippen LogP contribution in [-0.4, -0.2) is 38.1 Å². The minimum atomic E-state index is -1.68. The molecule has 0 unspecified atom stereocenters. The molecule has 2 aromatic rings. The molecule has 2 saturated carbocycles. The van der Waals surface area contributed by atoms with Gasteiger partial charge in [-0.1, -0.05) is 57.6 Å².